The first-order valence-corrected chi connectivity index (χ1v) is 6.77. The van der Waals surface area contributed by atoms with E-state index in [1.165, 1.54) is 38.4 Å². The average molecular weight is 312 g/mol. The van der Waals surface area contributed by atoms with Gasteiger partial charge >= 0.3 is 11.9 Å². The zero-order chi connectivity index (χ0) is 16.9. The van der Waals surface area contributed by atoms with E-state index in [1.807, 2.05) is 0 Å². The fourth-order valence-electron chi connectivity index (χ4n) is 2.84. The first-order chi connectivity index (χ1) is 11.0. The molecule has 2 aromatic rings. The Labute approximate surface area is 130 Å². The van der Waals surface area contributed by atoms with Crippen LogP contribution in [0, 0.1) is 0 Å². The van der Waals surface area contributed by atoms with E-state index in [0.717, 1.165) is 4.90 Å². The standard InChI is InChI=1S/C15H7NO5.CH5N/c1-16-12(17)6-2-4-8-11-9(15(20)21-14(8)19)5-3-7(10(6)11)13(16)18;1-2/h2-5H,1H3;2H2,1H3. The molecule has 0 fully saturated rings. The highest BCUT2D eigenvalue weighted by molar-refractivity contribution is 6.31. The van der Waals surface area contributed by atoms with Crippen molar-refractivity contribution in [2.45, 2.75) is 0 Å². The van der Waals surface area contributed by atoms with Gasteiger partial charge in [0.15, 0.2) is 0 Å². The number of carbonyl (C=O) groups excluding carboxylic acids is 4. The van der Waals surface area contributed by atoms with E-state index in [4.69, 9.17) is 0 Å². The minimum Gasteiger partial charge on any atom is -0.386 e. The van der Waals surface area contributed by atoms with Crippen LogP contribution >= 0.6 is 0 Å². The second-order valence-corrected chi connectivity index (χ2v) is 4.92. The van der Waals surface area contributed by atoms with Crippen LogP contribution in [0.2, 0.25) is 0 Å². The van der Waals surface area contributed by atoms with Gasteiger partial charge in [-0.15, -0.1) is 0 Å². The summed E-state index contributed by atoms with van der Waals surface area (Å²) in [6, 6.07) is 5.85. The number of carbonyl (C=O) groups is 4. The maximum Gasteiger partial charge on any atom is 0.346 e. The van der Waals surface area contributed by atoms with Crippen LogP contribution in [0.3, 0.4) is 0 Å². The van der Waals surface area contributed by atoms with Crippen LogP contribution in [0.4, 0.5) is 0 Å². The second-order valence-electron chi connectivity index (χ2n) is 4.92. The van der Waals surface area contributed by atoms with Crippen molar-refractivity contribution in [3.63, 3.8) is 0 Å². The molecule has 2 aliphatic heterocycles. The van der Waals surface area contributed by atoms with Gasteiger partial charge in [0.25, 0.3) is 11.8 Å². The Morgan fingerprint density at radius 3 is 1.52 bits per heavy atom. The second kappa shape index (κ2) is 4.99. The van der Waals surface area contributed by atoms with Gasteiger partial charge in [0.05, 0.1) is 11.1 Å². The van der Waals surface area contributed by atoms with Gasteiger partial charge < -0.3 is 10.5 Å². The summed E-state index contributed by atoms with van der Waals surface area (Å²) < 4.78 is 4.65. The van der Waals surface area contributed by atoms with Crippen LogP contribution in [-0.2, 0) is 4.74 Å². The molecule has 2 amide bonds. The number of benzene rings is 2. The van der Waals surface area contributed by atoms with Crippen molar-refractivity contribution in [1.29, 1.82) is 0 Å². The van der Waals surface area contributed by atoms with E-state index >= 15 is 0 Å². The van der Waals surface area contributed by atoms with Crippen molar-refractivity contribution < 1.29 is 23.9 Å². The van der Waals surface area contributed by atoms with Gasteiger partial charge in [-0.3, -0.25) is 14.5 Å². The first-order valence-electron chi connectivity index (χ1n) is 6.77. The number of imide groups is 1. The molecule has 0 saturated carbocycles. The Morgan fingerprint density at radius 2 is 1.09 bits per heavy atom. The highest BCUT2D eigenvalue weighted by Gasteiger charge is 2.36. The van der Waals surface area contributed by atoms with Crippen LogP contribution in [0.15, 0.2) is 24.3 Å². The van der Waals surface area contributed by atoms with Crippen LogP contribution in [0.25, 0.3) is 10.8 Å². The number of ether oxygens (including phenoxy) is 1. The molecule has 0 atom stereocenters. The summed E-state index contributed by atoms with van der Waals surface area (Å²) >= 11 is 0. The fraction of sp³-hybridized carbons (Fsp3) is 0.125. The Hall–Kier alpha value is -3.06. The molecule has 0 spiro atoms. The zero-order valence-corrected chi connectivity index (χ0v) is 12.4. The normalized spacial score (nSPS) is 15.3. The molecule has 0 bridgehead atoms. The van der Waals surface area contributed by atoms with Gasteiger partial charge in [-0.25, -0.2) is 9.59 Å². The highest BCUT2D eigenvalue weighted by Crippen LogP contribution is 2.36. The third kappa shape index (κ3) is 1.80. The monoisotopic (exact) mass is 312 g/mol. The minimum atomic E-state index is -0.768. The SMILES string of the molecule is CN.CN1C(=O)c2ccc3c4c(ccc(c24)C1=O)C(=O)OC3=O. The molecule has 7 nitrogen and oxygen atoms in total. The molecule has 0 aliphatic carbocycles. The Morgan fingerprint density at radius 1 is 0.739 bits per heavy atom. The topological polar surface area (TPSA) is 107 Å². The maximum atomic E-state index is 12.2. The van der Waals surface area contributed by atoms with Gasteiger partial charge in [-0.2, -0.15) is 0 Å². The molecular weight excluding hydrogens is 300 g/mol. The molecule has 2 aliphatic rings. The fourth-order valence-corrected chi connectivity index (χ4v) is 2.84. The van der Waals surface area contributed by atoms with Gasteiger partial charge in [0.2, 0.25) is 0 Å². The molecule has 116 valence electrons. The molecule has 2 N–H and O–H groups in total. The molecule has 23 heavy (non-hydrogen) atoms. The van der Waals surface area contributed by atoms with E-state index in [0.29, 0.717) is 21.9 Å². The van der Waals surface area contributed by atoms with E-state index in [9.17, 15) is 19.2 Å². The minimum absolute atomic E-state index is 0.190. The van der Waals surface area contributed by atoms with Gasteiger partial charge in [-0.05, 0) is 31.3 Å². The van der Waals surface area contributed by atoms with Crippen molar-refractivity contribution in [2.24, 2.45) is 5.73 Å². The lowest BCUT2D eigenvalue weighted by atomic mass is 9.88. The Kier molecular flexibility index (Phi) is 3.23. The van der Waals surface area contributed by atoms with Gasteiger partial charge in [-0.1, -0.05) is 0 Å². The molecule has 0 unspecified atom stereocenters. The molecule has 2 heterocycles. The smallest absolute Gasteiger partial charge is 0.346 e. The molecule has 0 saturated heterocycles. The summed E-state index contributed by atoms with van der Waals surface area (Å²) in [6.07, 6.45) is 0. The van der Waals surface area contributed by atoms with Crippen LogP contribution < -0.4 is 5.73 Å². The quantitative estimate of drug-likeness (QED) is 0.441. The lowest BCUT2D eigenvalue weighted by Gasteiger charge is -2.26. The lowest BCUT2D eigenvalue weighted by Crippen LogP contribution is -2.37. The zero-order valence-electron chi connectivity index (χ0n) is 12.4. The van der Waals surface area contributed by atoms with Crippen LogP contribution in [0.5, 0.6) is 0 Å². The number of cyclic esters (lactones) is 2. The van der Waals surface area contributed by atoms with Crippen LogP contribution in [0.1, 0.15) is 41.4 Å². The maximum absolute atomic E-state index is 12.2. The number of nitrogens with zero attached hydrogens (tertiary/aromatic N) is 1. The van der Waals surface area contributed by atoms with E-state index < -0.39 is 23.8 Å². The molecule has 4 rings (SSSR count). The molecule has 7 heteroatoms. The van der Waals surface area contributed by atoms with Crippen molar-refractivity contribution in [3.8, 4) is 0 Å². The summed E-state index contributed by atoms with van der Waals surface area (Å²) in [5, 5.41) is 0.671. The van der Waals surface area contributed by atoms with Crippen molar-refractivity contribution in [1.82, 2.24) is 4.90 Å². The van der Waals surface area contributed by atoms with E-state index in [2.05, 4.69) is 10.5 Å². The number of amides is 2. The molecule has 2 aromatic carbocycles. The number of hydrogen-bond donors (Lipinski definition) is 1. The number of hydrogen-bond acceptors (Lipinski definition) is 6. The summed E-state index contributed by atoms with van der Waals surface area (Å²) in [5.74, 6) is -2.45. The third-order valence-electron chi connectivity index (χ3n) is 3.86. The van der Waals surface area contributed by atoms with E-state index in [-0.39, 0.29) is 11.1 Å². The number of rotatable bonds is 0. The van der Waals surface area contributed by atoms with Crippen molar-refractivity contribution in [3.05, 3.63) is 46.5 Å². The highest BCUT2D eigenvalue weighted by atomic mass is 16.6. The molecule has 0 aromatic heterocycles. The number of esters is 2. The largest absolute Gasteiger partial charge is 0.386 e. The summed E-state index contributed by atoms with van der Waals surface area (Å²) in [4.78, 5) is 49.1. The third-order valence-corrected chi connectivity index (χ3v) is 3.86. The summed E-state index contributed by atoms with van der Waals surface area (Å²) in [7, 11) is 2.90. The van der Waals surface area contributed by atoms with Crippen LogP contribution in [-0.4, -0.2) is 42.7 Å². The number of nitrogens with two attached hydrogens (primary N) is 1. The predicted octanol–water partition coefficient (Wildman–Crippen LogP) is 0.951. The Bertz CT molecular complexity index is 848. The van der Waals surface area contributed by atoms with Crippen molar-refractivity contribution in [2.75, 3.05) is 14.1 Å². The molecular formula is C16H12N2O5. The van der Waals surface area contributed by atoms with Crippen molar-refractivity contribution >= 4 is 34.5 Å². The van der Waals surface area contributed by atoms with Gasteiger partial charge in [0, 0.05) is 28.9 Å². The van der Waals surface area contributed by atoms with Gasteiger partial charge in [0.1, 0.15) is 0 Å². The Balaban J connectivity index is 0.000000753. The summed E-state index contributed by atoms with van der Waals surface area (Å²) in [5.41, 5.74) is 5.48. The lowest BCUT2D eigenvalue weighted by molar-refractivity contribution is 0.0389. The molecule has 0 radical (unpaired) electrons. The average Bonchev–Trinajstić information content (AvgIpc) is 2.57. The first kappa shape index (κ1) is 14.9. The predicted molar refractivity (Wildman–Crippen MR) is 80.2 cm³/mol. The van der Waals surface area contributed by atoms with E-state index in [1.54, 1.807) is 0 Å². The summed E-state index contributed by atoms with van der Waals surface area (Å²) in [6.45, 7) is 0.